The highest BCUT2D eigenvalue weighted by Crippen LogP contribution is 2.37. The van der Waals surface area contributed by atoms with Gasteiger partial charge in [-0.05, 0) is 25.7 Å². The van der Waals surface area contributed by atoms with Crippen LogP contribution in [0.25, 0.3) is 0 Å². The van der Waals surface area contributed by atoms with Gasteiger partial charge in [-0.15, -0.1) is 0 Å². The second-order valence-corrected chi connectivity index (χ2v) is 11.0. The summed E-state index contributed by atoms with van der Waals surface area (Å²) in [4.78, 5) is 2.18. The fraction of sp³-hybridized carbons (Fsp3) is 1.00. The molecule has 0 amide bonds. The first kappa shape index (κ1) is 20.9. The molecule has 2 saturated heterocycles. The van der Waals surface area contributed by atoms with E-state index in [2.05, 4.69) is 4.90 Å². The molecule has 0 aromatic carbocycles. The third-order valence-corrected chi connectivity index (χ3v) is 9.19. The van der Waals surface area contributed by atoms with Gasteiger partial charge in [0, 0.05) is 32.0 Å². The molecule has 1 spiro atoms. The van der Waals surface area contributed by atoms with Crippen molar-refractivity contribution in [3.05, 3.63) is 0 Å². The van der Waals surface area contributed by atoms with Crippen LogP contribution < -0.4 is 0 Å². The molecule has 0 aromatic rings. The predicted molar refractivity (Wildman–Crippen MR) is 101 cm³/mol. The van der Waals surface area contributed by atoms with E-state index in [0.717, 1.165) is 32.1 Å². The summed E-state index contributed by atoms with van der Waals surface area (Å²) in [5.41, 5.74) is 0. The van der Waals surface area contributed by atoms with Gasteiger partial charge in [-0.2, -0.15) is 4.31 Å². The molecule has 162 valence electrons. The molecule has 9 heteroatoms. The van der Waals surface area contributed by atoms with E-state index in [1.165, 1.54) is 0 Å². The van der Waals surface area contributed by atoms with Gasteiger partial charge in [0.05, 0.1) is 31.6 Å². The van der Waals surface area contributed by atoms with Crippen molar-refractivity contribution in [3.63, 3.8) is 0 Å². The average Bonchev–Trinajstić information content (AvgIpc) is 2.69. The first-order valence-electron chi connectivity index (χ1n) is 10.7. The van der Waals surface area contributed by atoms with Crippen molar-refractivity contribution < 1.29 is 26.7 Å². The normalized spacial score (nSPS) is 34.6. The summed E-state index contributed by atoms with van der Waals surface area (Å²) in [5.74, 6) is -3.52. The molecule has 1 unspecified atom stereocenters. The van der Waals surface area contributed by atoms with E-state index in [1.807, 2.05) is 0 Å². The van der Waals surface area contributed by atoms with Crippen LogP contribution in [0.5, 0.6) is 0 Å². The van der Waals surface area contributed by atoms with Crippen LogP contribution in [-0.4, -0.2) is 80.0 Å². The third-order valence-electron chi connectivity index (χ3n) is 6.85. The van der Waals surface area contributed by atoms with Gasteiger partial charge >= 0.3 is 0 Å². The zero-order chi connectivity index (χ0) is 19.8. The fourth-order valence-electron chi connectivity index (χ4n) is 5.19. The Balaban J connectivity index is 1.42. The van der Waals surface area contributed by atoms with Gasteiger partial charge in [0.2, 0.25) is 15.9 Å². The van der Waals surface area contributed by atoms with Crippen molar-refractivity contribution in [2.45, 2.75) is 80.8 Å². The van der Waals surface area contributed by atoms with Crippen LogP contribution in [0.3, 0.4) is 0 Å². The van der Waals surface area contributed by atoms with Crippen molar-refractivity contribution in [2.75, 3.05) is 39.4 Å². The second-order valence-electron chi connectivity index (χ2n) is 8.80. The first-order valence-corrected chi connectivity index (χ1v) is 12.2. The number of hydrogen-bond acceptors (Lipinski definition) is 5. The number of hydrogen-bond donors (Lipinski definition) is 0. The van der Waals surface area contributed by atoms with Gasteiger partial charge in [0.15, 0.2) is 5.79 Å². The molecule has 0 radical (unpaired) electrons. The van der Waals surface area contributed by atoms with E-state index >= 15 is 0 Å². The zero-order valence-corrected chi connectivity index (χ0v) is 17.3. The van der Waals surface area contributed by atoms with Crippen molar-refractivity contribution in [1.82, 2.24) is 9.21 Å². The number of alkyl halides is 2. The van der Waals surface area contributed by atoms with E-state index in [0.29, 0.717) is 45.7 Å². The quantitative estimate of drug-likeness (QED) is 0.700. The maximum absolute atomic E-state index is 13.5. The van der Waals surface area contributed by atoms with Crippen molar-refractivity contribution in [1.29, 1.82) is 0 Å². The molecule has 2 heterocycles. The smallest absolute Gasteiger partial charge is 0.248 e. The van der Waals surface area contributed by atoms with Crippen LogP contribution in [0.15, 0.2) is 0 Å². The Kier molecular flexibility index (Phi) is 6.02. The zero-order valence-electron chi connectivity index (χ0n) is 16.5. The predicted octanol–water partition coefficient (Wildman–Crippen LogP) is 2.59. The van der Waals surface area contributed by atoms with E-state index in [-0.39, 0.29) is 30.7 Å². The van der Waals surface area contributed by atoms with Crippen LogP contribution in [-0.2, 0) is 19.5 Å². The van der Waals surface area contributed by atoms with Gasteiger partial charge < -0.3 is 9.47 Å². The summed E-state index contributed by atoms with van der Waals surface area (Å²) in [6.45, 7) is 2.42. The molecule has 2 saturated carbocycles. The lowest BCUT2D eigenvalue weighted by Crippen LogP contribution is -2.65. The first-order chi connectivity index (χ1) is 13.3. The minimum absolute atomic E-state index is 0.0783. The molecule has 4 rings (SSSR count). The Morgan fingerprint density at radius 1 is 0.857 bits per heavy atom. The molecule has 0 N–H and O–H groups in total. The summed E-state index contributed by atoms with van der Waals surface area (Å²) in [6.07, 6.45) is 5.28. The average molecular weight is 423 g/mol. The molecule has 1 atom stereocenters. The number of ether oxygens (including phenoxy) is 2. The van der Waals surface area contributed by atoms with E-state index in [4.69, 9.17) is 9.47 Å². The number of nitrogens with zero attached hydrogens (tertiary/aromatic N) is 2. The summed E-state index contributed by atoms with van der Waals surface area (Å²) in [6, 6.07) is 0.0920. The maximum atomic E-state index is 13.5. The SMILES string of the molecule is O=S(=O)(C1CCCCC1)N1CCOC2(CN(C3CCC(F)(F)CC3)CCO2)C1. The van der Waals surface area contributed by atoms with Gasteiger partial charge in [-0.3, -0.25) is 4.90 Å². The van der Waals surface area contributed by atoms with Gasteiger partial charge in [0.1, 0.15) is 0 Å². The number of morpholine rings is 2. The monoisotopic (exact) mass is 422 g/mol. The Morgan fingerprint density at radius 3 is 2.18 bits per heavy atom. The Bertz CT molecular complexity index is 642. The van der Waals surface area contributed by atoms with Crippen LogP contribution in [0.2, 0.25) is 0 Å². The minimum atomic E-state index is -3.36. The van der Waals surface area contributed by atoms with Gasteiger partial charge in [0.25, 0.3) is 0 Å². The molecular weight excluding hydrogens is 390 g/mol. The Hall–Kier alpha value is -0.350. The van der Waals surface area contributed by atoms with Crippen LogP contribution in [0.1, 0.15) is 57.8 Å². The lowest BCUT2D eigenvalue weighted by molar-refractivity contribution is -0.288. The molecule has 0 bridgehead atoms. The summed E-state index contributed by atoms with van der Waals surface area (Å²) < 4.78 is 66.8. The largest absolute Gasteiger partial charge is 0.346 e. The summed E-state index contributed by atoms with van der Waals surface area (Å²) in [7, 11) is -3.36. The van der Waals surface area contributed by atoms with Crippen molar-refractivity contribution >= 4 is 10.0 Å². The standard InChI is InChI=1S/C19H32F2N2O4S/c20-18(21)8-6-16(7-9-18)22-10-12-26-19(14-22)15-23(11-13-27-19)28(24,25)17-4-2-1-3-5-17/h16-17H,1-15H2. The molecule has 4 aliphatic rings. The maximum Gasteiger partial charge on any atom is 0.248 e. The lowest BCUT2D eigenvalue weighted by atomic mass is 9.90. The third kappa shape index (κ3) is 4.38. The van der Waals surface area contributed by atoms with E-state index in [1.54, 1.807) is 4.31 Å². The second kappa shape index (κ2) is 8.06. The summed E-state index contributed by atoms with van der Waals surface area (Å²) in [5, 5.41) is -0.295. The fourth-order valence-corrected chi connectivity index (χ4v) is 7.24. The van der Waals surface area contributed by atoms with E-state index in [9.17, 15) is 17.2 Å². The van der Waals surface area contributed by atoms with Crippen LogP contribution in [0.4, 0.5) is 8.78 Å². The van der Waals surface area contributed by atoms with Crippen LogP contribution in [0, 0.1) is 0 Å². The number of rotatable bonds is 3. The lowest BCUT2D eigenvalue weighted by Gasteiger charge is -2.50. The minimum Gasteiger partial charge on any atom is -0.346 e. The highest BCUT2D eigenvalue weighted by atomic mass is 32.2. The highest BCUT2D eigenvalue weighted by molar-refractivity contribution is 7.89. The van der Waals surface area contributed by atoms with Crippen molar-refractivity contribution in [3.8, 4) is 0 Å². The van der Waals surface area contributed by atoms with Crippen molar-refractivity contribution in [2.24, 2.45) is 0 Å². The molecule has 6 nitrogen and oxygen atoms in total. The van der Waals surface area contributed by atoms with Gasteiger partial charge in [-0.25, -0.2) is 17.2 Å². The topological polar surface area (TPSA) is 59.1 Å². The molecule has 28 heavy (non-hydrogen) atoms. The summed E-state index contributed by atoms with van der Waals surface area (Å²) >= 11 is 0. The van der Waals surface area contributed by atoms with Crippen LogP contribution >= 0.6 is 0 Å². The molecule has 2 aliphatic carbocycles. The molecule has 0 aromatic heterocycles. The molecule has 4 fully saturated rings. The number of halogens is 2. The van der Waals surface area contributed by atoms with Gasteiger partial charge in [-0.1, -0.05) is 19.3 Å². The Labute approximate surface area is 166 Å². The Morgan fingerprint density at radius 2 is 1.50 bits per heavy atom. The highest BCUT2D eigenvalue weighted by Gasteiger charge is 2.48. The van der Waals surface area contributed by atoms with E-state index < -0.39 is 21.7 Å². The number of sulfonamides is 1. The molecular formula is C19H32F2N2O4S. The molecule has 2 aliphatic heterocycles.